The molecule has 0 unspecified atom stereocenters. The summed E-state index contributed by atoms with van der Waals surface area (Å²) >= 11 is 0. The van der Waals surface area contributed by atoms with Crippen LogP contribution in [0.2, 0.25) is 0 Å². The van der Waals surface area contributed by atoms with Gasteiger partial charge in [-0.3, -0.25) is 4.79 Å². The van der Waals surface area contributed by atoms with Crippen LogP contribution in [-0.2, 0) is 16.0 Å². The lowest BCUT2D eigenvalue weighted by Crippen LogP contribution is -2.27. The van der Waals surface area contributed by atoms with E-state index in [1.165, 1.54) is 0 Å². The van der Waals surface area contributed by atoms with Crippen LogP contribution in [0.15, 0.2) is 24.3 Å². The first-order valence-corrected chi connectivity index (χ1v) is 12.5. The molecule has 0 saturated heterocycles. The van der Waals surface area contributed by atoms with Crippen molar-refractivity contribution in [2.45, 2.75) is 32.7 Å². The lowest BCUT2D eigenvalue weighted by Gasteiger charge is -2.11. The molecule has 0 fully saturated rings. The third-order valence-electron chi connectivity index (χ3n) is 4.90. The number of nitrogens with two attached hydrogens (primary N) is 1. The van der Waals surface area contributed by atoms with E-state index in [9.17, 15) is 4.79 Å². The fourth-order valence-corrected chi connectivity index (χ4v) is 2.97. The minimum atomic E-state index is -0.156. The zero-order chi connectivity index (χ0) is 25.8. The number of unbranched alkanes of at least 4 members (excludes halogenated alkanes) is 1. The largest absolute Gasteiger partial charge is 0.396 e. The fraction of sp³-hybridized carbons (Fsp3) is 0.583. The first-order valence-electron chi connectivity index (χ1n) is 12.5. The third kappa shape index (κ3) is 12.1. The van der Waals surface area contributed by atoms with Crippen molar-refractivity contribution in [3.8, 4) is 0 Å². The Bertz CT molecular complexity index is 841. The molecule has 0 aliphatic rings. The molecule has 0 spiro atoms. The number of rotatable bonds is 20. The highest BCUT2D eigenvalue weighted by molar-refractivity contribution is 5.94. The normalized spacial score (nSPS) is 10.8. The summed E-state index contributed by atoms with van der Waals surface area (Å²) in [5, 5.41) is 21.4. The van der Waals surface area contributed by atoms with Crippen molar-refractivity contribution in [3.63, 3.8) is 0 Å². The Morgan fingerprint density at radius 1 is 0.861 bits per heavy atom. The van der Waals surface area contributed by atoms with Gasteiger partial charge in [-0.05, 0) is 30.5 Å². The van der Waals surface area contributed by atoms with Gasteiger partial charge in [0.1, 0.15) is 0 Å². The molecule has 0 aliphatic carbocycles. The van der Waals surface area contributed by atoms with Gasteiger partial charge in [-0.2, -0.15) is 15.0 Å². The van der Waals surface area contributed by atoms with Crippen molar-refractivity contribution < 1.29 is 19.4 Å². The Kier molecular flexibility index (Phi) is 14.8. The minimum Gasteiger partial charge on any atom is -0.396 e. The topological polar surface area (TPSA) is 169 Å². The number of amides is 1. The number of carbonyl (C=O) groups is 1. The van der Waals surface area contributed by atoms with Crippen LogP contribution in [-0.4, -0.2) is 85.2 Å². The molecule has 12 nitrogen and oxygen atoms in total. The maximum absolute atomic E-state index is 12.3. The average molecular weight is 505 g/mol. The van der Waals surface area contributed by atoms with Crippen LogP contribution in [0.1, 0.15) is 42.1 Å². The van der Waals surface area contributed by atoms with Gasteiger partial charge >= 0.3 is 0 Å². The second kappa shape index (κ2) is 18.2. The zero-order valence-corrected chi connectivity index (χ0v) is 21.1. The predicted molar refractivity (Wildman–Crippen MR) is 140 cm³/mol. The van der Waals surface area contributed by atoms with Crippen molar-refractivity contribution in [2.24, 2.45) is 5.73 Å². The van der Waals surface area contributed by atoms with Crippen molar-refractivity contribution in [3.05, 3.63) is 35.4 Å². The van der Waals surface area contributed by atoms with Gasteiger partial charge in [-0.1, -0.05) is 25.5 Å². The lowest BCUT2D eigenvalue weighted by atomic mass is 10.1. The summed E-state index contributed by atoms with van der Waals surface area (Å²) in [5.41, 5.74) is 6.89. The smallest absolute Gasteiger partial charge is 0.251 e. The predicted octanol–water partition coefficient (Wildman–Crippen LogP) is 1.21. The molecule has 36 heavy (non-hydrogen) atoms. The molecular formula is C24H40N8O4. The van der Waals surface area contributed by atoms with Crippen molar-refractivity contribution in [2.75, 3.05) is 75.2 Å². The van der Waals surface area contributed by atoms with Crippen LogP contribution >= 0.6 is 0 Å². The van der Waals surface area contributed by atoms with E-state index in [1.807, 2.05) is 12.1 Å². The maximum Gasteiger partial charge on any atom is 0.251 e. The van der Waals surface area contributed by atoms with E-state index in [-0.39, 0.29) is 12.5 Å². The van der Waals surface area contributed by atoms with Crippen molar-refractivity contribution >= 4 is 23.8 Å². The molecule has 2 aromatic rings. The van der Waals surface area contributed by atoms with Gasteiger partial charge in [-0.25, -0.2) is 0 Å². The van der Waals surface area contributed by atoms with Gasteiger partial charge in [0.2, 0.25) is 17.8 Å². The lowest BCUT2D eigenvalue weighted by molar-refractivity contribution is 0.0511. The highest BCUT2D eigenvalue weighted by Gasteiger charge is 2.08. The number of nitrogens with zero attached hydrogens (tertiary/aromatic N) is 3. The van der Waals surface area contributed by atoms with Gasteiger partial charge in [0, 0.05) is 44.9 Å². The Morgan fingerprint density at radius 3 is 2.08 bits per heavy atom. The Labute approximate surface area is 212 Å². The van der Waals surface area contributed by atoms with Crippen LogP contribution < -0.4 is 27.0 Å². The maximum atomic E-state index is 12.3. The average Bonchev–Trinajstić information content (AvgIpc) is 2.89. The molecule has 12 heteroatoms. The van der Waals surface area contributed by atoms with Gasteiger partial charge < -0.3 is 41.6 Å². The molecule has 0 radical (unpaired) electrons. The highest BCUT2D eigenvalue weighted by atomic mass is 16.5. The zero-order valence-electron chi connectivity index (χ0n) is 21.1. The van der Waals surface area contributed by atoms with E-state index < -0.39 is 0 Å². The third-order valence-corrected chi connectivity index (χ3v) is 4.90. The Hall–Kier alpha value is -3.06. The summed E-state index contributed by atoms with van der Waals surface area (Å²) in [6, 6.07) is 7.33. The first kappa shape index (κ1) is 29.2. The molecule has 1 amide bonds. The van der Waals surface area contributed by atoms with Crippen molar-refractivity contribution in [1.82, 2.24) is 20.3 Å². The number of anilines is 3. The molecule has 0 bridgehead atoms. The van der Waals surface area contributed by atoms with Crippen LogP contribution in [0.5, 0.6) is 0 Å². The van der Waals surface area contributed by atoms with Crippen LogP contribution in [0.3, 0.4) is 0 Å². The Morgan fingerprint density at radius 2 is 1.47 bits per heavy atom. The van der Waals surface area contributed by atoms with Gasteiger partial charge in [0.05, 0.1) is 26.4 Å². The first-order chi connectivity index (χ1) is 17.7. The van der Waals surface area contributed by atoms with E-state index in [0.717, 1.165) is 24.9 Å². The van der Waals surface area contributed by atoms with E-state index in [2.05, 4.69) is 43.1 Å². The molecule has 0 saturated carbocycles. The molecule has 0 atom stereocenters. The van der Waals surface area contributed by atoms with Crippen LogP contribution in [0, 0.1) is 0 Å². The number of aliphatic hydroxyl groups excluding tert-OH is 1. The number of hydrogen-bond acceptors (Lipinski definition) is 11. The van der Waals surface area contributed by atoms with E-state index in [0.29, 0.717) is 82.4 Å². The number of ether oxygens (including phenoxy) is 2. The second-order valence-corrected chi connectivity index (χ2v) is 7.91. The summed E-state index contributed by atoms with van der Waals surface area (Å²) in [5.74, 6) is 1.22. The fourth-order valence-electron chi connectivity index (χ4n) is 2.97. The molecule has 1 heterocycles. The van der Waals surface area contributed by atoms with E-state index in [1.54, 1.807) is 12.1 Å². The molecule has 1 aromatic heterocycles. The quantitative estimate of drug-likeness (QED) is 0.143. The van der Waals surface area contributed by atoms with Crippen molar-refractivity contribution in [1.29, 1.82) is 0 Å². The minimum absolute atomic E-state index is 0.0949. The number of hydrogen-bond donors (Lipinski definition) is 6. The van der Waals surface area contributed by atoms with Crippen LogP contribution in [0.4, 0.5) is 17.8 Å². The van der Waals surface area contributed by atoms with E-state index >= 15 is 0 Å². The summed E-state index contributed by atoms with van der Waals surface area (Å²) in [7, 11) is 0. The van der Waals surface area contributed by atoms with Gasteiger partial charge in [0.15, 0.2) is 0 Å². The van der Waals surface area contributed by atoms with Gasteiger partial charge in [-0.15, -0.1) is 0 Å². The number of aliphatic hydroxyl groups is 1. The summed E-state index contributed by atoms with van der Waals surface area (Å²) in [6.45, 7) is 6.83. The highest BCUT2D eigenvalue weighted by Crippen LogP contribution is 2.12. The number of aromatic nitrogens is 3. The molecule has 200 valence electrons. The monoisotopic (exact) mass is 504 g/mol. The summed E-state index contributed by atoms with van der Waals surface area (Å²) in [6.07, 6.45) is 2.68. The Balaban J connectivity index is 1.82. The summed E-state index contributed by atoms with van der Waals surface area (Å²) in [4.78, 5) is 25.6. The molecule has 7 N–H and O–H groups in total. The number of nitrogens with one attached hydrogen (secondary N) is 4. The summed E-state index contributed by atoms with van der Waals surface area (Å²) < 4.78 is 10.6. The molecular weight excluding hydrogens is 464 g/mol. The standard InChI is InChI=1S/C24H40N8O4/c1-2-3-10-27-22-30-23(28-11-4-13-33)32-24(31-22)29-18-19-5-7-20(8-6-19)21(34)26-12-15-36-17-16-35-14-9-25/h5-8,33H,2-4,9-18,25H2,1H3,(H,26,34)(H3,27,28,29,30,31,32). The van der Waals surface area contributed by atoms with E-state index in [4.69, 9.17) is 20.3 Å². The molecule has 1 aromatic carbocycles. The van der Waals surface area contributed by atoms with Crippen LogP contribution in [0.25, 0.3) is 0 Å². The second-order valence-electron chi connectivity index (χ2n) is 7.91. The molecule has 0 aliphatic heterocycles. The number of benzene rings is 1. The van der Waals surface area contributed by atoms with Gasteiger partial charge in [0.25, 0.3) is 5.91 Å². The molecule has 2 rings (SSSR count). The number of carbonyl (C=O) groups excluding carboxylic acids is 1. The SMILES string of the molecule is CCCCNc1nc(NCCCO)nc(NCc2ccc(C(=O)NCCOCCOCCN)cc2)n1.